The molecule has 5 nitrogen and oxygen atoms in total. The highest BCUT2D eigenvalue weighted by molar-refractivity contribution is 9.10. The van der Waals surface area contributed by atoms with Gasteiger partial charge in [-0.1, -0.05) is 12.8 Å². The molecule has 2 N–H and O–H groups in total. The zero-order chi connectivity index (χ0) is 13.7. The van der Waals surface area contributed by atoms with E-state index in [9.17, 15) is 4.79 Å². The molecule has 0 saturated heterocycles. The molecule has 2 rings (SSSR count). The second kappa shape index (κ2) is 7.05. The van der Waals surface area contributed by atoms with Crippen LogP contribution in [0.4, 0.5) is 0 Å². The Kier molecular flexibility index (Phi) is 5.39. The highest BCUT2D eigenvalue weighted by Crippen LogP contribution is 2.21. The molecule has 1 aromatic rings. The number of hydrogen-bond donors (Lipinski definition) is 2. The molecule has 1 amide bonds. The van der Waals surface area contributed by atoms with Gasteiger partial charge >= 0.3 is 0 Å². The minimum Gasteiger partial charge on any atom is -0.378 e. The van der Waals surface area contributed by atoms with Crippen LogP contribution in [0.15, 0.2) is 4.47 Å². The number of carbonyl (C=O) groups is 1. The Morgan fingerprint density at radius 2 is 2.26 bits per heavy atom. The first-order valence-electron chi connectivity index (χ1n) is 6.78. The number of amides is 1. The number of aromatic nitrogens is 2. The van der Waals surface area contributed by atoms with Gasteiger partial charge in [-0.15, -0.1) is 0 Å². The molecule has 1 saturated carbocycles. The van der Waals surface area contributed by atoms with Crippen LogP contribution < -0.4 is 5.32 Å². The van der Waals surface area contributed by atoms with Crippen LogP contribution in [0.25, 0.3) is 0 Å². The molecular formula is C13H20BrN3O2. The van der Waals surface area contributed by atoms with Gasteiger partial charge in [0.1, 0.15) is 0 Å². The monoisotopic (exact) mass is 329 g/mol. The summed E-state index contributed by atoms with van der Waals surface area (Å²) in [5.74, 6) is -0.155. The lowest BCUT2D eigenvalue weighted by Crippen LogP contribution is -2.26. The minimum absolute atomic E-state index is 0.155. The maximum absolute atomic E-state index is 11.8. The molecule has 1 aromatic heterocycles. The fourth-order valence-corrected chi connectivity index (χ4v) is 2.59. The Morgan fingerprint density at radius 3 is 2.89 bits per heavy atom. The molecule has 1 heterocycles. The number of H-pyrrole nitrogens is 1. The van der Waals surface area contributed by atoms with Crippen molar-refractivity contribution in [2.45, 2.75) is 45.1 Å². The van der Waals surface area contributed by atoms with Crippen molar-refractivity contribution in [2.24, 2.45) is 0 Å². The second-order valence-electron chi connectivity index (χ2n) is 4.90. The quantitative estimate of drug-likeness (QED) is 0.788. The number of nitrogens with one attached hydrogen (secondary N) is 2. The smallest absolute Gasteiger partial charge is 0.272 e. The summed E-state index contributed by atoms with van der Waals surface area (Å²) in [5, 5.41) is 9.58. The average Bonchev–Trinajstić information content (AvgIpc) is 3.01. The van der Waals surface area contributed by atoms with Gasteiger partial charge in [-0.25, -0.2) is 0 Å². The predicted octanol–water partition coefficient (Wildman–Crippen LogP) is 2.56. The maximum Gasteiger partial charge on any atom is 0.272 e. The van der Waals surface area contributed by atoms with Crippen LogP contribution in [0.3, 0.4) is 0 Å². The van der Waals surface area contributed by atoms with Gasteiger partial charge in [-0.05, 0) is 42.1 Å². The molecule has 1 fully saturated rings. The van der Waals surface area contributed by atoms with Crippen LogP contribution in [0.5, 0.6) is 0 Å². The van der Waals surface area contributed by atoms with E-state index in [0.29, 0.717) is 24.9 Å². The van der Waals surface area contributed by atoms with Crippen molar-refractivity contribution in [1.29, 1.82) is 0 Å². The van der Waals surface area contributed by atoms with Gasteiger partial charge in [0.25, 0.3) is 5.91 Å². The zero-order valence-electron chi connectivity index (χ0n) is 11.2. The fourth-order valence-electron chi connectivity index (χ4n) is 2.23. The molecule has 0 aromatic carbocycles. The standard InChI is InChI=1S/C13H20BrN3O2/c1-9-11(14)12(17-16-9)13(18)15-7-4-8-19-10-5-2-3-6-10/h10H,2-8H2,1H3,(H,15,18)(H,16,17). The Morgan fingerprint density at radius 1 is 1.53 bits per heavy atom. The van der Waals surface area contributed by atoms with Gasteiger partial charge in [0, 0.05) is 18.8 Å². The van der Waals surface area contributed by atoms with Crippen LogP contribution in [0.2, 0.25) is 0 Å². The van der Waals surface area contributed by atoms with Crippen molar-refractivity contribution in [3.8, 4) is 0 Å². The molecule has 106 valence electrons. The fraction of sp³-hybridized carbons (Fsp3) is 0.692. The SMILES string of the molecule is Cc1[nH]nc(C(=O)NCCCOC2CCCC2)c1Br. The molecule has 0 atom stereocenters. The first kappa shape index (κ1) is 14.5. The Labute approximate surface area is 121 Å². The Hall–Kier alpha value is -0.880. The van der Waals surface area contributed by atoms with Gasteiger partial charge in [-0.2, -0.15) is 5.10 Å². The molecule has 0 bridgehead atoms. The van der Waals surface area contributed by atoms with Crippen molar-refractivity contribution >= 4 is 21.8 Å². The number of aromatic amines is 1. The molecule has 0 radical (unpaired) electrons. The summed E-state index contributed by atoms with van der Waals surface area (Å²) in [6.45, 7) is 3.19. The van der Waals surface area contributed by atoms with E-state index in [-0.39, 0.29) is 5.91 Å². The largest absolute Gasteiger partial charge is 0.378 e. The van der Waals surface area contributed by atoms with E-state index < -0.39 is 0 Å². The van der Waals surface area contributed by atoms with Gasteiger partial charge < -0.3 is 10.1 Å². The van der Waals surface area contributed by atoms with E-state index in [1.165, 1.54) is 25.7 Å². The Bertz CT molecular complexity index is 428. The number of rotatable bonds is 6. The third-order valence-corrected chi connectivity index (χ3v) is 4.32. The van der Waals surface area contributed by atoms with Crippen molar-refractivity contribution in [3.63, 3.8) is 0 Å². The number of hydrogen-bond acceptors (Lipinski definition) is 3. The lowest BCUT2D eigenvalue weighted by molar-refractivity contribution is 0.0565. The lowest BCUT2D eigenvalue weighted by Gasteiger charge is -2.10. The summed E-state index contributed by atoms with van der Waals surface area (Å²) >= 11 is 3.34. The first-order valence-corrected chi connectivity index (χ1v) is 7.58. The number of ether oxygens (including phenoxy) is 1. The summed E-state index contributed by atoms with van der Waals surface area (Å²) in [5.41, 5.74) is 1.27. The average molecular weight is 330 g/mol. The van der Waals surface area contributed by atoms with Crippen LogP contribution in [-0.2, 0) is 4.74 Å². The summed E-state index contributed by atoms with van der Waals surface area (Å²) < 4.78 is 6.46. The van der Waals surface area contributed by atoms with Crippen LogP contribution >= 0.6 is 15.9 Å². The van der Waals surface area contributed by atoms with Crippen LogP contribution in [0.1, 0.15) is 48.3 Å². The highest BCUT2D eigenvalue weighted by Gasteiger charge is 2.16. The normalized spacial score (nSPS) is 15.9. The van der Waals surface area contributed by atoms with Crippen molar-refractivity contribution in [1.82, 2.24) is 15.5 Å². The van der Waals surface area contributed by atoms with Gasteiger partial charge in [0.2, 0.25) is 0 Å². The Balaban J connectivity index is 1.62. The third-order valence-electron chi connectivity index (χ3n) is 3.35. The highest BCUT2D eigenvalue weighted by atomic mass is 79.9. The zero-order valence-corrected chi connectivity index (χ0v) is 12.8. The maximum atomic E-state index is 11.8. The van der Waals surface area contributed by atoms with E-state index in [1.54, 1.807) is 0 Å². The van der Waals surface area contributed by atoms with Crippen molar-refractivity contribution < 1.29 is 9.53 Å². The lowest BCUT2D eigenvalue weighted by atomic mass is 10.3. The van der Waals surface area contributed by atoms with Gasteiger partial charge in [0.15, 0.2) is 5.69 Å². The van der Waals surface area contributed by atoms with Crippen molar-refractivity contribution in [2.75, 3.05) is 13.2 Å². The topological polar surface area (TPSA) is 67.0 Å². The minimum atomic E-state index is -0.155. The summed E-state index contributed by atoms with van der Waals surface area (Å²) in [4.78, 5) is 11.8. The molecule has 1 aliphatic rings. The molecule has 0 aliphatic heterocycles. The van der Waals surface area contributed by atoms with E-state index in [4.69, 9.17) is 4.74 Å². The molecule has 6 heteroatoms. The molecular weight excluding hydrogens is 310 g/mol. The third kappa shape index (κ3) is 4.04. The predicted molar refractivity (Wildman–Crippen MR) is 76.2 cm³/mol. The number of halogens is 1. The molecule has 0 spiro atoms. The van der Waals surface area contributed by atoms with Gasteiger partial charge in [0.05, 0.1) is 10.6 Å². The number of aryl methyl sites for hydroxylation is 1. The van der Waals surface area contributed by atoms with Crippen LogP contribution in [-0.4, -0.2) is 35.4 Å². The summed E-state index contributed by atoms with van der Waals surface area (Å²) in [6.07, 6.45) is 6.22. The molecule has 1 aliphatic carbocycles. The summed E-state index contributed by atoms with van der Waals surface area (Å²) in [7, 11) is 0. The number of carbonyl (C=O) groups excluding carboxylic acids is 1. The van der Waals surface area contributed by atoms with E-state index in [2.05, 4.69) is 31.4 Å². The van der Waals surface area contributed by atoms with Crippen molar-refractivity contribution in [3.05, 3.63) is 15.9 Å². The van der Waals surface area contributed by atoms with E-state index in [0.717, 1.165) is 16.6 Å². The van der Waals surface area contributed by atoms with E-state index in [1.807, 2.05) is 6.92 Å². The van der Waals surface area contributed by atoms with Gasteiger partial charge in [-0.3, -0.25) is 9.89 Å². The second-order valence-corrected chi connectivity index (χ2v) is 5.69. The number of nitrogens with zero attached hydrogens (tertiary/aromatic N) is 1. The molecule has 19 heavy (non-hydrogen) atoms. The van der Waals surface area contributed by atoms with E-state index >= 15 is 0 Å². The first-order chi connectivity index (χ1) is 9.18. The van der Waals surface area contributed by atoms with Crippen LogP contribution in [0, 0.1) is 6.92 Å². The summed E-state index contributed by atoms with van der Waals surface area (Å²) in [6, 6.07) is 0. The molecule has 0 unspecified atom stereocenters.